The third-order valence-electron chi connectivity index (χ3n) is 3.84. The van der Waals surface area contributed by atoms with Crippen LogP contribution in [0.2, 0.25) is 0 Å². The van der Waals surface area contributed by atoms with Crippen molar-refractivity contribution in [3.05, 3.63) is 60.4 Å². The van der Waals surface area contributed by atoms with E-state index in [0.717, 1.165) is 34.4 Å². The molecule has 0 aliphatic heterocycles. The second-order valence-corrected chi connectivity index (χ2v) is 5.63. The standard InChI is InChI=1S/C19H20N4O/c1-14-7-2-4-9-16(14)23-18(24)11-6-12-20-19-15-8-3-5-10-17(15)21-13-22-19/h2-5,7-10,13H,6,11-12H2,1H3,(H,23,24)(H,20,21,22). The molecule has 0 saturated heterocycles. The van der Waals surface area contributed by atoms with E-state index in [1.165, 1.54) is 0 Å². The van der Waals surface area contributed by atoms with Gasteiger partial charge in [-0.05, 0) is 37.1 Å². The zero-order valence-electron chi connectivity index (χ0n) is 13.6. The summed E-state index contributed by atoms with van der Waals surface area (Å²) in [5.41, 5.74) is 2.85. The molecule has 3 rings (SSSR count). The highest BCUT2D eigenvalue weighted by Crippen LogP contribution is 2.18. The van der Waals surface area contributed by atoms with Crippen LogP contribution in [0.3, 0.4) is 0 Å². The van der Waals surface area contributed by atoms with Gasteiger partial charge in [-0.1, -0.05) is 30.3 Å². The Morgan fingerprint density at radius 2 is 1.83 bits per heavy atom. The molecule has 0 unspecified atom stereocenters. The lowest BCUT2D eigenvalue weighted by molar-refractivity contribution is -0.116. The molecule has 0 fully saturated rings. The van der Waals surface area contributed by atoms with Gasteiger partial charge in [-0.3, -0.25) is 4.79 Å². The molecule has 1 amide bonds. The van der Waals surface area contributed by atoms with Crippen LogP contribution < -0.4 is 10.6 Å². The Morgan fingerprint density at radius 3 is 2.71 bits per heavy atom. The van der Waals surface area contributed by atoms with E-state index >= 15 is 0 Å². The smallest absolute Gasteiger partial charge is 0.224 e. The van der Waals surface area contributed by atoms with Gasteiger partial charge in [0.15, 0.2) is 0 Å². The van der Waals surface area contributed by atoms with Crippen LogP contribution in [0.25, 0.3) is 10.9 Å². The van der Waals surface area contributed by atoms with Crippen molar-refractivity contribution in [2.45, 2.75) is 19.8 Å². The quantitative estimate of drug-likeness (QED) is 0.679. The van der Waals surface area contributed by atoms with Crippen molar-refractivity contribution in [2.75, 3.05) is 17.2 Å². The highest BCUT2D eigenvalue weighted by atomic mass is 16.1. The van der Waals surface area contributed by atoms with Gasteiger partial charge in [0.1, 0.15) is 12.1 Å². The number of benzene rings is 2. The molecule has 0 atom stereocenters. The Bertz CT molecular complexity index is 842. The van der Waals surface area contributed by atoms with Crippen LogP contribution in [0, 0.1) is 6.92 Å². The Balaban J connectivity index is 1.50. The van der Waals surface area contributed by atoms with Crippen molar-refractivity contribution in [3.8, 4) is 0 Å². The molecule has 0 spiro atoms. The number of amides is 1. The van der Waals surface area contributed by atoms with E-state index in [1.54, 1.807) is 6.33 Å². The molecule has 5 nitrogen and oxygen atoms in total. The third kappa shape index (κ3) is 3.87. The molecular formula is C19H20N4O. The molecular weight excluding hydrogens is 300 g/mol. The van der Waals surface area contributed by atoms with Crippen LogP contribution in [0.5, 0.6) is 0 Å². The number of hydrogen-bond donors (Lipinski definition) is 2. The number of carbonyl (C=O) groups is 1. The van der Waals surface area contributed by atoms with E-state index in [2.05, 4.69) is 20.6 Å². The topological polar surface area (TPSA) is 66.9 Å². The second-order valence-electron chi connectivity index (χ2n) is 5.63. The number of para-hydroxylation sites is 2. The molecule has 24 heavy (non-hydrogen) atoms. The average molecular weight is 320 g/mol. The Kier molecular flexibility index (Phi) is 5.01. The first kappa shape index (κ1) is 15.9. The second kappa shape index (κ2) is 7.55. The lowest BCUT2D eigenvalue weighted by atomic mass is 10.2. The lowest BCUT2D eigenvalue weighted by Crippen LogP contribution is -2.14. The molecule has 122 valence electrons. The SMILES string of the molecule is Cc1ccccc1NC(=O)CCCNc1ncnc2ccccc12. The first-order valence-corrected chi connectivity index (χ1v) is 8.03. The van der Waals surface area contributed by atoms with E-state index in [-0.39, 0.29) is 5.91 Å². The minimum absolute atomic E-state index is 0.0265. The predicted octanol–water partition coefficient (Wildman–Crippen LogP) is 3.77. The zero-order valence-corrected chi connectivity index (χ0v) is 13.6. The number of rotatable bonds is 6. The minimum Gasteiger partial charge on any atom is -0.369 e. The van der Waals surface area contributed by atoms with Crippen LogP contribution in [-0.2, 0) is 4.79 Å². The molecule has 2 N–H and O–H groups in total. The number of aromatic nitrogens is 2. The summed E-state index contributed by atoms with van der Waals surface area (Å²) in [6, 6.07) is 15.6. The number of nitrogens with one attached hydrogen (secondary N) is 2. The van der Waals surface area contributed by atoms with E-state index in [0.29, 0.717) is 13.0 Å². The van der Waals surface area contributed by atoms with Gasteiger partial charge < -0.3 is 10.6 Å². The summed E-state index contributed by atoms with van der Waals surface area (Å²) >= 11 is 0. The summed E-state index contributed by atoms with van der Waals surface area (Å²) < 4.78 is 0. The predicted molar refractivity (Wildman–Crippen MR) is 97.1 cm³/mol. The zero-order chi connectivity index (χ0) is 16.8. The maximum absolute atomic E-state index is 12.0. The number of anilines is 2. The Morgan fingerprint density at radius 1 is 1.04 bits per heavy atom. The van der Waals surface area contributed by atoms with E-state index in [4.69, 9.17) is 0 Å². The van der Waals surface area contributed by atoms with Crippen LogP contribution in [0.4, 0.5) is 11.5 Å². The summed E-state index contributed by atoms with van der Waals surface area (Å²) in [7, 11) is 0. The van der Waals surface area contributed by atoms with Gasteiger partial charge in [0.25, 0.3) is 0 Å². The van der Waals surface area contributed by atoms with Gasteiger partial charge in [0.05, 0.1) is 5.52 Å². The van der Waals surface area contributed by atoms with Gasteiger partial charge in [0, 0.05) is 24.0 Å². The van der Waals surface area contributed by atoms with Crippen molar-refractivity contribution in [1.82, 2.24) is 9.97 Å². The normalized spacial score (nSPS) is 10.5. The van der Waals surface area contributed by atoms with Crippen LogP contribution in [0.15, 0.2) is 54.9 Å². The van der Waals surface area contributed by atoms with Gasteiger partial charge in [-0.2, -0.15) is 0 Å². The molecule has 5 heteroatoms. The van der Waals surface area contributed by atoms with Gasteiger partial charge in [0.2, 0.25) is 5.91 Å². The summed E-state index contributed by atoms with van der Waals surface area (Å²) in [5.74, 6) is 0.832. The molecule has 0 bridgehead atoms. The number of fused-ring (bicyclic) bond motifs is 1. The van der Waals surface area contributed by atoms with E-state index in [1.807, 2.05) is 55.5 Å². The van der Waals surface area contributed by atoms with Crippen molar-refractivity contribution >= 4 is 28.3 Å². The molecule has 2 aromatic carbocycles. The molecule has 1 heterocycles. The molecule has 3 aromatic rings. The number of nitrogens with zero attached hydrogens (tertiary/aromatic N) is 2. The van der Waals surface area contributed by atoms with Crippen LogP contribution in [-0.4, -0.2) is 22.4 Å². The molecule has 0 radical (unpaired) electrons. The van der Waals surface area contributed by atoms with Crippen LogP contribution >= 0.6 is 0 Å². The number of carbonyl (C=O) groups excluding carboxylic acids is 1. The average Bonchev–Trinajstić information content (AvgIpc) is 2.61. The Labute approximate surface area is 141 Å². The fourth-order valence-corrected chi connectivity index (χ4v) is 2.53. The summed E-state index contributed by atoms with van der Waals surface area (Å²) in [6.45, 7) is 2.67. The van der Waals surface area contributed by atoms with Crippen LogP contribution in [0.1, 0.15) is 18.4 Å². The van der Waals surface area contributed by atoms with Gasteiger partial charge in [-0.15, -0.1) is 0 Å². The Hall–Kier alpha value is -2.95. The number of aryl methyl sites for hydroxylation is 1. The molecule has 0 aliphatic rings. The first-order valence-electron chi connectivity index (χ1n) is 8.03. The first-order chi connectivity index (χ1) is 11.7. The van der Waals surface area contributed by atoms with Crippen molar-refractivity contribution in [1.29, 1.82) is 0 Å². The molecule has 0 saturated carbocycles. The summed E-state index contributed by atoms with van der Waals surface area (Å²) in [5, 5.41) is 7.22. The van der Waals surface area contributed by atoms with Gasteiger partial charge >= 0.3 is 0 Å². The van der Waals surface area contributed by atoms with Crippen molar-refractivity contribution < 1.29 is 4.79 Å². The maximum atomic E-state index is 12.0. The minimum atomic E-state index is 0.0265. The largest absolute Gasteiger partial charge is 0.369 e. The van der Waals surface area contributed by atoms with Crippen molar-refractivity contribution in [3.63, 3.8) is 0 Å². The monoisotopic (exact) mass is 320 g/mol. The lowest BCUT2D eigenvalue weighted by Gasteiger charge is -2.09. The summed E-state index contributed by atoms with van der Waals surface area (Å²) in [6.07, 6.45) is 2.75. The fraction of sp³-hybridized carbons (Fsp3) is 0.211. The van der Waals surface area contributed by atoms with E-state index in [9.17, 15) is 4.79 Å². The van der Waals surface area contributed by atoms with Gasteiger partial charge in [-0.25, -0.2) is 9.97 Å². The summed E-state index contributed by atoms with van der Waals surface area (Å²) in [4.78, 5) is 20.5. The molecule has 1 aromatic heterocycles. The fourth-order valence-electron chi connectivity index (χ4n) is 2.53. The molecule has 0 aliphatic carbocycles. The third-order valence-corrected chi connectivity index (χ3v) is 3.84. The van der Waals surface area contributed by atoms with E-state index < -0.39 is 0 Å². The maximum Gasteiger partial charge on any atom is 0.224 e. The number of hydrogen-bond acceptors (Lipinski definition) is 4. The highest BCUT2D eigenvalue weighted by molar-refractivity contribution is 5.91. The highest BCUT2D eigenvalue weighted by Gasteiger charge is 2.05. The van der Waals surface area contributed by atoms with Crippen molar-refractivity contribution in [2.24, 2.45) is 0 Å².